The molecule has 0 aliphatic heterocycles. The third-order valence-electron chi connectivity index (χ3n) is 2.59. The summed E-state index contributed by atoms with van der Waals surface area (Å²) in [5.41, 5.74) is 6.82. The van der Waals surface area contributed by atoms with E-state index >= 15 is 0 Å². The minimum Gasteiger partial charge on any atom is -0.487 e. The summed E-state index contributed by atoms with van der Waals surface area (Å²) in [6.45, 7) is 0.181. The summed E-state index contributed by atoms with van der Waals surface area (Å²) >= 11 is 16.5. The molecule has 0 unspecified atom stereocenters. The van der Waals surface area contributed by atoms with Gasteiger partial charge in [-0.25, -0.2) is 4.39 Å². The summed E-state index contributed by atoms with van der Waals surface area (Å²) in [6, 6.07) is 9.49. The van der Waals surface area contributed by atoms with E-state index in [-0.39, 0.29) is 16.6 Å². The number of hydrogen-bond donors (Lipinski definition) is 1. The lowest BCUT2D eigenvalue weighted by Gasteiger charge is -2.09. The van der Waals surface area contributed by atoms with Crippen LogP contribution in [0.1, 0.15) is 11.1 Å². The van der Waals surface area contributed by atoms with Crippen molar-refractivity contribution in [2.45, 2.75) is 6.61 Å². The first-order valence-corrected chi connectivity index (χ1v) is 6.80. The Morgan fingerprint density at radius 2 is 1.90 bits per heavy atom. The SMILES string of the molecule is NC(=S)c1ccc(OCc2ccc(Cl)c(F)c2)c(Cl)c1. The molecule has 2 rings (SSSR count). The lowest BCUT2D eigenvalue weighted by atomic mass is 10.2. The van der Waals surface area contributed by atoms with Crippen molar-refractivity contribution < 1.29 is 9.13 Å². The second-order valence-corrected chi connectivity index (χ2v) is 5.30. The molecule has 2 nitrogen and oxygen atoms in total. The van der Waals surface area contributed by atoms with Crippen LogP contribution in [0.15, 0.2) is 36.4 Å². The summed E-state index contributed by atoms with van der Waals surface area (Å²) in [5, 5.41) is 0.470. The Kier molecular flexibility index (Phi) is 4.81. The zero-order valence-corrected chi connectivity index (χ0v) is 12.5. The predicted molar refractivity (Wildman–Crippen MR) is 83.1 cm³/mol. The first kappa shape index (κ1) is 15.0. The number of ether oxygens (including phenoxy) is 1. The van der Waals surface area contributed by atoms with Crippen molar-refractivity contribution >= 4 is 40.4 Å². The van der Waals surface area contributed by atoms with Gasteiger partial charge in [0.15, 0.2) is 0 Å². The van der Waals surface area contributed by atoms with Gasteiger partial charge < -0.3 is 10.5 Å². The number of nitrogens with two attached hydrogens (primary N) is 1. The molecule has 6 heteroatoms. The molecular weight excluding hydrogens is 320 g/mol. The molecule has 0 bridgehead atoms. The first-order chi connectivity index (χ1) is 9.47. The van der Waals surface area contributed by atoms with Crippen LogP contribution < -0.4 is 10.5 Å². The lowest BCUT2D eigenvalue weighted by Crippen LogP contribution is -2.09. The molecule has 104 valence electrons. The highest BCUT2D eigenvalue weighted by Crippen LogP contribution is 2.26. The van der Waals surface area contributed by atoms with E-state index in [1.807, 2.05) is 0 Å². The Bertz CT molecular complexity index is 664. The van der Waals surface area contributed by atoms with Crippen molar-refractivity contribution in [2.24, 2.45) is 5.73 Å². The minimum atomic E-state index is -0.484. The number of thiocarbonyl (C=S) groups is 1. The van der Waals surface area contributed by atoms with Crippen LogP contribution in [0.4, 0.5) is 4.39 Å². The second-order valence-electron chi connectivity index (χ2n) is 4.05. The van der Waals surface area contributed by atoms with Crippen molar-refractivity contribution in [1.82, 2.24) is 0 Å². The highest BCUT2D eigenvalue weighted by molar-refractivity contribution is 7.80. The van der Waals surface area contributed by atoms with Crippen molar-refractivity contribution in [3.63, 3.8) is 0 Å². The van der Waals surface area contributed by atoms with Crippen molar-refractivity contribution in [2.75, 3.05) is 0 Å². The highest BCUT2D eigenvalue weighted by Gasteiger charge is 2.06. The van der Waals surface area contributed by atoms with Gasteiger partial charge in [-0.2, -0.15) is 0 Å². The molecule has 0 aliphatic carbocycles. The van der Waals surface area contributed by atoms with Crippen LogP contribution in [0, 0.1) is 5.82 Å². The van der Waals surface area contributed by atoms with E-state index in [0.29, 0.717) is 21.9 Å². The molecule has 0 aromatic heterocycles. The highest BCUT2D eigenvalue weighted by atomic mass is 35.5. The maximum Gasteiger partial charge on any atom is 0.142 e. The maximum atomic E-state index is 13.3. The summed E-state index contributed by atoms with van der Waals surface area (Å²) < 4.78 is 18.8. The van der Waals surface area contributed by atoms with Gasteiger partial charge in [0, 0.05) is 5.56 Å². The van der Waals surface area contributed by atoms with Gasteiger partial charge >= 0.3 is 0 Å². The zero-order valence-electron chi connectivity index (χ0n) is 10.2. The number of rotatable bonds is 4. The average Bonchev–Trinajstić information content (AvgIpc) is 2.41. The van der Waals surface area contributed by atoms with Crippen molar-refractivity contribution in [3.8, 4) is 5.75 Å². The Morgan fingerprint density at radius 1 is 1.15 bits per heavy atom. The minimum absolute atomic E-state index is 0.0765. The van der Waals surface area contributed by atoms with E-state index in [4.69, 9.17) is 45.9 Å². The van der Waals surface area contributed by atoms with E-state index < -0.39 is 5.82 Å². The second kappa shape index (κ2) is 6.39. The van der Waals surface area contributed by atoms with Crippen molar-refractivity contribution in [1.29, 1.82) is 0 Å². The first-order valence-electron chi connectivity index (χ1n) is 5.63. The number of halogens is 3. The third kappa shape index (κ3) is 3.60. The van der Waals surface area contributed by atoms with E-state index in [1.165, 1.54) is 12.1 Å². The Morgan fingerprint density at radius 3 is 2.50 bits per heavy atom. The van der Waals surface area contributed by atoms with Crippen LogP contribution in [0.3, 0.4) is 0 Å². The zero-order chi connectivity index (χ0) is 14.7. The predicted octanol–water partition coefficient (Wildman–Crippen LogP) is 4.35. The summed E-state index contributed by atoms with van der Waals surface area (Å²) in [4.78, 5) is 0.262. The molecule has 0 aliphatic rings. The van der Waals surface area contributed by atoms with Gasteiger partial charge in [0.1, 0.15) is 23.2 Å². The number of benzene rings is 2. The molecule has 0 saturated carbocycles. The van der Waals surface area contributed by atoms with E-state index in [0.717, 1.165) is 0 Å². The molecule has 2 N–H and O–H groups in total. The van der Waals surface area contributed by atoms with Crippen LogP contribution in [-0.4, -0.2) is 4.99 Å². The van der Waals surface area contributed by atoms with E-state index in [1.54, 1.807) is 24.3 Å². The molecule has 0 atom stereocenters. The van der Waals surface area contributed by atoms with Gasteiger partial charge in [-0.05, 0) is 35.9 Å². The fourth-order valence-electron chi connectivity index (χ4n) is 1.56. The lowest BCUT2D eigenvalue weighted by molar-refractivity contribution is 0.306. The Labute approximate surface area is 131 Å². The van der Waals surface area contributed by atoms with Gasteiger partial charge in [0.25, 0.3) is 0 Å². The van der Waals surface area contributed by atoms with Crippen LogP contribution >= 0.6 is 35.4 Å². The van der Waals surface area contributed by atoms with Crippen LogP contribution in [0.25, 0.3) is 0 Å². The molecule has 0 fully saturated rings. The van der Waals surface area contributed by atoms with Gasteiger partial charge in [-0.3, -0.25) is 0 Å². The molecular formula is C14H10Cl2FNOS. The van der Waals surface area contributed by atoms with Gasteiger partial charge in [0.2, 0.25) is 0 Å². The Hall–Kier alpha value is -1.36. The third-order valence-corrected chi connectivity index (χ3v) is 3.43. The van der Waals surface area contributed by atoms with Crippen LogP contribution in [0.2, 0.25) is 10.0 Å². The summed E-state index contributed by atoms with van der Waals surface area (Å²) in [6.07, 6.45) is 0. The topological polar surface area (TPSA) is 35.2 Å². The van der Waals surface area contributed by atoms with Crippen LogP contribution in [-0.2, 0) is 6.61 Å². The van der Waals surface area contributed by atoms with Crippen molar-refractivity contribution in [3.05, 3.63) is 63.4 Å². The fourth-order valence-corrected chi connectivity index (χ4v) is 2.04. The molecule has 2 aromatic carbocycles. The molecule has 20 heavy (non-hydrogen) atoms. The maximum absolute atomic E-state index is 13.3. The van der Waals surface area contributed by atoms with Gasteiger partial charge in [-0.1, -0.05) is 41.5 Å². The largest absolute Gasteiger partial charge is 0.487 e. The normalized spacial score (nSPS) is 10.3. The smallest absolute Gasteiger partial charge is 0.142 e. The molecule has 0 heterocycles. The average molecular weight is 330 g/mol. The number of hydrogen-bond acceptors (Lipinski definition) is 2. The molecule has 0 spiro atoms. The molecule has 0 amide bonds. The fraction of sp³-hybridized carbons (Fsp3) is 0.0714. The molecule has 0 radical (unpaired) electrons. The Balaban J connectivity index is 2.10. The molecule has 0 saturated heterocycles. The van der Waals surface area contributed by atoms with Crippen LogP contribution in [0.5, 0.6) is 5.75 Å². The van der Waals surface area contributed by atoms with E-state index in [9.17, 15) is 4.39 Å². The molecule has 2 aromatic rings. The van der Waals surface area contributed by atoms with Gasteiger partial charge in [0.05, 0.1) is 10.0 Å². The summed E-state index contributed by atoms with van der Waals surface area (Å²) in [7, 11) is 0. The quantitative estimate of drug-likeness (QED) is 0.847. The van der Waals surface area contributed by atoms with E-state index in [2.05, 4.69) is 0 Å². The standard InChI is InChI=1S/C14H10Cl2FNOS/c15-10-3-1-8(5-12(10)17)7-19-13-4-2-9(14(18)20)6-11(13)16/h1-6H,7H2,(H2,18,20). The monoisotopic (exact) mass is 329 g/mol. The van der Waals surface area contributed by atoms with Gasteiger partial charge in [-0.15, -0.1) is 0 Å². The summed E-state index contributed by atoms with van der Waals surface area (Å²) in [5.74, 6) is -0.00952.